The van der Waals surface area contributed by atoms with Crippen LogP contribution in [0.15, 0.2) is 67.1 Å². The van der Waals surface area contributed by atoms with E-state index in [9.17, 15) is 9.59 Å². The number of esters is 1. The maximum Gasteiger partial charge on any atom is 0.338 e. The minimum atomic E-state index is -0.352. The molecule has 142 valence electrons. The van der Waals surface area contributed by atoms with E-state index in [1.165, 1.54) is 6.20 Å². The van der Waals surface area contributed by atoms with Gasteiger partial charge in [-0.2, -0.15) is 0 Å². The van der Waals surface area contributed by atoms with Gasteiger partial charge in [0.15, 0.2) is 0 Å². The molecule has 3 aromatic rings. The smallest absolute Gasteiger partial charge is 0.338 e. The highest BCUT2D eigenvalue weighted by atomic mass is 16.5. The van der Waals surface area contributed by atoms with Gasteiger partial charge >= 0.3 is 5.97 Å². The maximum absolute atomic E-state index is 12.2. The lowest BCUT2D eigenvalue weighted by Gasteiger charge is -2.08. The molecule has 0 saturated heterocycles. The minimum Gasteiger partial charge on any atom is -0.462 e. The quantitative estimate of drug-likeness (QED) is 0.615. The number of nitrogens with one attached hydrogen (secondary N) is 2. The summed E-state index contributed by atoms with van der Waals surface area (Å²) >= 11 is 0. The molecular weight excluding hydrogens is 356 g/mol. The van der Waals surface area contributed by atoms with E-state index < -0.39 is 0 Å². The summed E-state index contributed by atoms with van der Waals surface area (Å²) in [7, 11) is 0. The molecule has 7 heteroatoms. The van der Waals surface area contributed by atoms with Gasteiger partial charge in [0.2, 0.25) is 0 Å². The van der Waals surface area contributed by atoms with Gasteiger partial charge < -0.3 is 15.4 Å². The summed E-state index contributed by atoms with van der Waals surface area (Å²) < 4.78 is 4.96. The van der Waals surface area contributed by atoms with Crippen LogP contribution in [0.1, 0.15) is 33.2 Å². The van der Waals surface area contributed by atoms with Crippen LogP contribution in [0.2, 0.25) is 0 Å². The number of nitrogens with zero attached hydrogens (tertiary/aromatic N) is 2. The summed E-state index contributed by atoms with van der Waals surface area (Å²) in [6.07, 6.45) is 4.88. The van der Waals surface area contributed by atoms with E-state index in [4.69, 9.17) is 4.74 Å². The molecule has 0 saturated carbocycles. The van der Waals surface area contributed by atoms with Crippen molar-refractivity contribution in [1.82, 2.24) is 15.3 Å². The van der Waals surface area contributed by atoms with E-state index in [1.54, 1.807) is 55.7 Å². The molecule has 0 unspecified atom stereocenters. The van der Waals surface area contributed by atoms with Crippen LogP contribution in [0.3, 0.4) is 0 Å². The average Bonchev–Trinajstić information content (AvgIpc) is 2.74. The zero-order chi connectivity index (χ0) is 19.8. The number of anilines is 2. The number of carbonyl (C=O) groups excluding carboxylic acids is 2. The first-order valence-electron chi connectivity index (χ1n) is 8.83. The second-order valence-electron chi connectivity index (χ2n) is 5.89. The fourth-order valence-corrected chi connectivity index (χ4v) is 2.44. The molecule has 0 bridgehead atoms. The Morgan fingerprint density at radius 3 is 2.32 bits per heavy atom. The van der Waals surface area contributed by atoms with E-state index in [1.807, 2.05) is 12.1 Å². The number of amides is 1. The van der Waals surface area contributed by atoms with Crippen LogP contribution >= 0.6 is 0 Å². The van der Waals surface area contributed by atoms with Crippen LogP contribution in [-0.2, 0) is 11.3 Å². The van der Waals surface area contributed by atoms with E-state index >= 15 is 0 Å². The monoisotopic (exact) mass is 376 g/mol. The molecule has 7 nitrogen and oxygen atoms in total. The molecule has 0 fully saturated rings. The van der Waals surface area contributed by atoms with Gasteiger partial charge in [0.1, 0.15) is 5.82 Å². The van der Waals surface area contributed by atoms with Gasteiger partial charge in [-0.25, -0.2) is 9.78 Å². The van der Waals surface area contributed by atoms with Crippen molar-refractivity contribution < 1.29 is 14.3 Å². The number of ether oxygens (including phenoxy) is 1. The lowest BCUT2D eigenvalue weighted by atomic mass is 10.2. The fourth-order valence-electron chi connectivity index (χ4n) is 2.44. The molecule has 0 aliphatic heterocycles. The van der Waals surface area contributed by atoms with Crippen molar-refractivity contribution >= 4 is 23.4 Å². The van der Waals surface area contributed by atoms with Crippen LogP contribution in [0.4, 0.5) is 11.5 Å². The minimum absolute atomic E-state index is 0.199. The zero-order valence-electron chi connectivity index (χ0n) is 15.4. The summed E-state index contributed by atoms with van der Waals surface area (Å²) in [5.74, 6) is 0.0403. The fraction of sp³-hybridized carbons (Fsp3) is 0.143. The molecule has 3 rings (SSSR count). The number of carbonyl (C=O) groups is 2. The van der Waals surface area contributed by atoms with Crippen molar-refractivity contribution in [3.05, 3.63) is 83.8 Å². The van der Waals surface area contributed by atoms with E-state index in [0.717, 1.165) is 11.3 Å². The van der Waals surface area contributed by atoms with Crippen molar-refractivity contribution in [2.45, 2.75) is 13.5 Å². The van der Waals surface area contributed by atoms with Crippen molar-refractivity contribution in [2.75, 3.05) is 11.9 Å². The topological polar surface area (TPSA) is 93.2 Å². The Balaban J connectivity index is 1.56. The first-order valence-corrected chi connectivity index (χ1v) is 8.83. The average molecular weight is 376 g/mol. The van der Waals surface area contributed by atoms with Crippen LogP contribution in [0.5, 0.6) is 0 Å². The van der Waals surface area contributed by atoms with Gasteiger partial charge in [-0.15, -0.1) is 0 Å². The molecule has 1 aromatic carbocycles. The lowest BCUT2D eigenvalue weighted by Crippen LogP contribution is -2.22. The van der Waals surface area contributed by atoms with Gasteiger partial charge in [0.25, 0.3) is 5.91 Å². The molecule has 0 radical (unpaired) electrons. The Morgan fingerprint density at radius 2 is 1.68 bits per heavy atom. The first-order chi connectivity index (χ1) is 13.7. The Hall–Kier alpha value is -3.74. The number of pyridine rings is 2. The molecular formula is C21H20N4O3. The highest BCUT2D eigenvalue weighted by molar-refractivity contribution is 5.94. The highest BCUT2D eigenvalue weighted by Crippen LogP contribution is 2.16. The summed E-state index contributed by atoms with van der Waals surface area (Å²) in [4.78, 5) is 32.1. The largest absolute Gasteiger partial charge is 0.462 e. The van der Waals surface area contributed by atoms with Crippen molar-refractivity contribution in [1.29, 1.82) is 0 Å². The van der Waals surface area contributed by atoms with Crippen LogP contribution < -0.4 is 10.6 Å². The third kappa shape index (κ3) is 5.14. The number of aromatic nitrogens is 2. The molecule has 2 aromatic heterocycles. The van der Waals surface area contributed by atoms with Crippen LogP contribution in [-0.4, -0.2) is 28.5 Å². The molecule has 0 spiro atoms. The van der Waals surface area contributed by atoms with Crippen LogP contribution in [0.25, 0.3) is 0 Å². The Kier molecular flexibility index (Phi) is 6.30. The molecule has 0 aliphatic carbocycles. The molecule has 2 N–H and O–H groups in total. The summed E-state index contributed by atoms with van der Waals surface area (Å²) in [6, 6.07) is 14.0. The number of benzene rings is 1. The summed E-state index contributed by atoms with van der Waals surface area (Å²) in [6.45, 7) is 2.53. The van der Waals surface area contributed by atoms with E-state index in [-0.39, 0.29) is 11.9 Å². The molecule has 1 amide bonds. The van der Waals surface area contributed by atoms with E-state index in [0.29, 0.717) is 30.1 Å². The maximum atomic E-state index is 12.2. The summed E-state index contributed by atoms with van der Waals surface area (Å²) in [5, 5.41) is 5.96. The molecule has 28 heavy (non-hydrogen) atoms. The van der Waals surface area contributed by atoms with E-state index in [2.05, 4.69) is 20.6 Å². The highest BCUT2D eigenvalue weighted by Gasteiger charge is 2.08. The van der Waals surface area contributed by atoms with Gasteiger partial charge in [-0.1, -0.05) is 0 Å². The third-order valence-corrected chi connectivity index (χ3v) is 3.90. The SMILES string of the molecule is CCOC(=O)c1ccc(Nc2ccc(C(=O)NCc3ccncc3)cn2)cc1. The Bertz CT molecular complexity index is 926. The van der Waals surface area contributed by atoms with Crippen LogP contribution in [0, 0.1) is 0 Å². The Morgan fingerprint density at radius 1 is 0.964 bits per heavy atom. The van der Waals surface area contributed by atoms with Crippen molar-refractivity contribution in [3.8, 4) is 0 Å². The second kappa shape index (κ2) is 9.27. The predicted octanol–water partition coefficient (Wildman–Crippen LogP) is 3.33. The molecule has 0 aliphatic rings. The Labute approximate surface area is 162 Å². The van der Waals surface area contributed by atoms with Gasteiger partial charge in [-0.3, -0.25) is 9.78 Å². The van der Waals surface area contributed by atoms with Gasteiger partial charge in [0.05, 0.1) is 17.7 Å². The molecule has 0 atom stereocenters. The standard InChI is InChI=1S/C21H20N4O3/c1-2-28-21(27)16-3-6-18(7-4-16)25-19-8-5-17(14-23-19)20(26)24-13-15-9-11-22-12-10-15/h3-12,14H,2,13H2,1H3,(H,23,25)(H,24,26). The molecule has 2 heterocycles. The normalized spacial score (nSPS) is 10.2. The lowest BCUT2D eigenvalue weighted by molar-refractivity contribution is 0.0526. The number of hydrogen-bond donors (Lipinski definition) is 2. The summed E-state index contributed by atoms with van der Waals surface area (Å²) in [5.41, 5.74) is 2.70. The van der Waals surface area contributed by atoms with Crippen molar-refractivity contribution in [3.63, 3.8) is 0 Å². The van der Waals surface area contributed by atoms with Gasteiger partial charge in [-0.05, 0) is 61.0 Å². The zero-order valence-corrected chi connectivity index (χ0v) is 15.4. The first kappa shape index (κ1) is 19.0. The van der Waals surface area contributed by atoms with Crippen molar-refractivity contribution in [2.24, 2.45) is 0 Å². The van der Waals surface area contributed by atoms with Gasteiger partial charge in [0, 0.05) is 30.8 Å². The number of rotatable bonds is 7. The third-order valence-electron chi connectivity index (χ3n) is 3.90. The second-order valence-corrected chi connectivity index (χ2v) is 5.89. The predicted molar refractivity (Wildman–Crippen MR) is 105 cm³/mol. The number of hydrogen-bond acceptors (Lipinski definition) is 6.